The molecule has 19 heavy (non-hydrogen) atoms. The van der Waals surface area contributed by atoms with Gasteiger partial charge in [-0.1, -0.05) is 56.0 Å². The molecule has 0 fully saturated rings. The fourth-order valence-corrected chi connectivity index (χ4v) is 2.10. The molecule has 0 unspecified atom stereocenters. The van der Waals surface area contributed by atoms with Gasteiger partial charge in [0.25, 0.3) is 0 Å². The molecule has 102 valence electrons. The van der Waals surface area contributed by atoms with Crippen molar-refractivity contribution in [3.63, 3.8) is 0 Å². The smallest absolute Gasteiger partial charge is 0.0429 e. The van der Waals surface area contributed by atoms with Crippen LogP contribution in [0, 0.1) is 6.92 Å². The van der Waals surface area contributed by atoms with Crippen LogP contribution < -0.4 is 4.90 Å². The van der Waals surface area contributed by atoms with Crippen LogP contribution in [0.1, 0.15) is 25.8 Å². The Morgan fingerprint density at radius 1 is 1.32 bits per heavy atom. The normalized spacial score (nSPS) is 11.8. The summed E-state index contributed by atoms with van der Waals surface area (Å²) in [5.41, 5.74) is 3.89. The number of aryl methyl sites for hydroxylation is 1. The summed E-state index contributed by atoms with van der Waals surface area (Å²) in [4.78, 5) is 2.42. The molecule has 0 aliphatic heterocycles. The SMILES string of the molecule is C=C/C(=C\C=C/C)CN(CCC)c1ccccc1C. The zero-order valence-electron chi connectivity index (χ0n) is 12.4. The van der Waals surface area contributed by atoms with Crippen molar-refractivity contribution in [3.8, 4) is 0 Å². The number of benzene rings is 1. The minimum absolute atomic E-state index is 0.909. The Hall–Kier alpha value is -1.76. The van der Waals surface area contributed by atoms with Gasteiger partial charge in [0.2, 0.25) is 0 Å². The van der Waals surface area contributed by atoms with E-state index in [0.29, 0.717) is 0 Å². The Labute approximate surface area is 118 Å². The molecule has 1 nitrogen and oxygen atoms in total. The van der Waals surface area contributed by atoms with Gasteiger partial charge in [-0.05, 0) is 37.5 Å². The average Bonchev–Trinajstić information content (AvgIpc) is 2.43. The first-order chi connectivity index (χ1) is 9.22. The zero-order chi connectivity index (χ0) is 14.1. The largest absolute Gasteiger partial charge is 0.367 e. The highest BCUT2D eigenvalue weighted by molar-refractivity contribution is 5.54. The molecule has 0 heterocycles. The van der Waals surface area contributed by atoms with Crippen LogP contribution in [0.4, 0.5) is 5.69 Å². The van der Waals surface area contributed by atoms with E-state index in [1.807, 2.05) is 19.1 Å². The summed E-state index contributed by atoms with van der Waals surface area (Å²) in [6, 6.07) is 8.56. The maximum atomic E-state index is 3.91. The predicted octanol–water partition coefficient (Wildman–Crippen LogP) is 4.90. The second kappa shape index (κ2) is 8.36. The molecule has 0 spiro atoms. The van der Waals surface area contributed by atoms with E-state index in [1.165, 1.54) is 16.8 Å². The molecule has 0 aromatic heterocycles. The molecule has 1 heteroatoms. The number of rotatable bonds is 7. The number of anilines is 1. The molecular weight excluding hydrogens is 230 g/mol. The number of nitrogens with zero attached hydrogens (tertiary/aromatic N) is 1. The Balaban J connectivity index is 2.95. The molecule has 1 aromatic carbocycles. The molecule has 0 saturated heterocycles. The molecule has 0 aliphatic rings. The van der Waals surface area contributed by atoms with E-state index in [0.717, 1.165) is 19.5 Å². The Morgan fingerprint density at radius 2 is 2.05 bits per heavy atom. The van der Waals surface area contributed by atoms with E-state index in [-0.39, 0.29) is 0 Å². The van der Waals surface area contributed by atoms with Crippen LogP contribution >= 0.6 is 0 Å². The molecule has 1 rings (SSSR count). The van der Waals surface area contributed by atoms with Gasteiger partial charge in [-0.25, -0.2) is 0 Å². The summed E-state index contributed by atoms with van der Waals surface area (Å²) in [5.74, 6) is 0. The predicted molar refractivity (Wildman–Crippen MR) is 86.8 cm³/mol. The summed E-state index contributed by atoms with van der Waals surface area (Å²) < 4.78 is 0. The van der Waals surface area contributed by atoms with E-state index in [9.17, 15) is 0 Å². The lowest BCUT2D eigenvalue weighted by molar-refractivity contribution is 0.804. The monoisotopic (exact) mass is 255 g/mol. The highest BCUT2D eigenvalue weighted by Crippen LogP contribution is 2.21. The van der Waals surface area contributed by atoms with Crippen molar-refractivity contribution in [2.24, 2.45) is 0 Å². The first-order valence-electron chi connectivity index (χ1n) is 6.97. The first kappa shape index (κ1) is 15.3. The summed E-state index contributed by atoms with van der Waals surface area (Å²) >= 11 is 0. The van der Waals surface area contributed by atoms with Gasteiger partial charge in [-0.15, -0.1) is 0 Å². The van der Waals surface area contributed by atoms with E-state index in [4.69, 9.17) is 0 Å². The molecule has 1 aromatic rings. The van der Waals surface area contributed by atoms with Crippen LogP contribution in [0.2, 0.25) is 0 Å². The quantitative estimate of drug-likeness (QED) is 0.626. The molecule has 0 aliphatic carbocycles. The third kappa shape index (κ3) is 4.78. The summed E-state index contributed by atoms with van der Waals surface area (Å²) in [5, 5.41) is 0. The van der Waals surface area contributed by atoms with Crippen LogP contribution in [0.3, 0.4) is 0 Å². The molecule has 0 bridgehead atoms. The topological polar surface area (TPSA) is 3.24 Å². The Kier molecular flexibility index (Phi) is 6.73. The number of hydrogen-bond acceptors (Lipinski definition) is 1. The highest BCUT2D eigenvalue weighted by atomic mass is 15.1. The summed E-state index contributed by atoms with van der Waals surface area (Å²) in [6.45, 7) is 12.3. The van der Waals surface area contributed by atoms with Crippen LogP contribution in [-0.2, 0) is 0 Å². The van der Waals surface area contributed by atoms with Gasteiger partial charge in [-0.2, -0.15) is 0 Å². The van der Waals surface area contributed by atoms with Gasteiger partial charge < -0.3 is 4.90 Å². The number of allylic oxidation sites excluding steroid dienone is 3. The fourth-order valence-electron chi connectivity index (χ4n) is 2.10. The van der Waals surface area contributed by atoms with E-state index < -0.39 is 0 Å². The van der Waals surface area contributed by atoms with Crippen LogP contribution in [0.25, 0.3) is 0 Å². The average molecular weight is 255 g/mol. The minimum atomic E-state index is 0.909. The maximum absolute atomic E-state index is 3.91. The van der Waals surface area contributed by atoms with Gasteiger partial charge in [-0.3, -0.25) is 0 Å². The van der Waals surface area contributed by atoms with E-state index >= 15 is 0 Å². The van der Waals surface area contributed by atoms with E-state index in [2.05, 4.69) is 61.7 Å². The van der Waals surface area contributed by atoms with Crippen molar-refractivity contribution in [2.45, 2.75) is 27.2 Å². The maximum Gasteiger partial charge on any atom is 0.0429 e. The molecule has 0 N–H and O–H groups in total. The first-order valence-corrected chi connectivity index (χ1v) is 6.97. The summed E-state index contributed by atoms with van der Waals surface area (Å²) in [7, 11) is 0. The third-order valence-corrected chi connectivity index (χ3v) is 3.09. The van der Waals surface area contributed by atoms with Gasteiger partial charge in [0.1, 0.15) is 0 Å². The standard InChI is InChI=1S/C18H25N/c1-5-8-12-17(7-3)15-19(14-6-2)18-13-10-9-11-16(18)4/h5,7-13H,3,6,14-15H2,1-2,4H3/b8-5-,17-12+. The van der Waals surface area contributed by atoms with Gasteiger partial charge in [0.05, 0.1) is 0 Å². The van der Waals surface area contributed by atoms with Gasteiger partial charge in [0.15, 0.2) is 0 Å². The van der Waals surface area contributed by atoms with E-state index in [1.54, 1.807) is 0 Å². The molecule has 0 amide bonds. The molecule has 0 radical (unpaired) electrons. The van der Waals surface area contributed by atoms with Crippen LogP contribution in [0.5, 0.6) is 0 Å². The van der Waals surface area contributed by atoms with Crippen LogP contribution in [0.15, 0.2) is 60.7 Å². The number of para-hydroxylation sites is 1. The lowest BCUT2D eigenvalue weighted by atomic mass is 10.1. The number of hydrogen-bond donors (Lipinski definition) is 0. The van der Waals surface area contributed by atoms with Gasteiger partial charge in [0, 0.05) is 18.8 Å². The van der Waals surface area contributed by atoms with Crippen LogP contribution in [-0.4, -0.2) is 13.1 Å². The second-order valence-electron chi connectivity index (χ2n) is 4.68. The summed E-state index contributed by atoms with van der Waals surface area (Å²) in [6.07, 6.45) is 9.33. The highest BCUT2D eigenvalue weighted by Gasteiger charge is 2.08. The minimum Gasteiger partial charge on any atom is -0.367 e. The van der Waals surface area contributed by atoms with Crippen molar-refractivity contribution >= 4 is 5.69 Å². The van der Waals surface area contributed by atoms with Crippen molar-refractivity contribution < 1.29 is 0 Å². The fraction of sp³-hybridized carbons (Fsp3) is 0.333. The van der Waals surface area contributed by atoms with Crippen molar-refractivity contribution in [3.05, 3.63) is 66.3 Å². The van der Waals surface area contributed by atoms with Crippen molar-refractivity contribution in [2.75, 3.05) is 18.0 Å². The third-order valence-electron chi connectivity index (χ3n) is 3.09. The lowest BCUT2D eigenvalue weighted by Gasteiger charge is -2.26. The second-order valence-corrected chi connectivity index (χ2v) is 4.68. The lowest BCUT2D eigenvalue weighted by Crippen LogP contribution is -2.26. The van der Waals surface area contributed by atoms with Gasteiger partial charge >= 0.3 is 0 Å². The Bertz CT molecular complexity index is 455. The zero-order valence-corrected chi connectivity index (χ0v) is 12.4. The van der Waals surface area contributed by atoms with Crippen molar-refractivity contribution in [1.82, 2.24) is 0 Å². The molecule has 0 atom stereocenters. The molecular formula is C18H25N. The van der Waals surface area contributed by atoms with Crippen molar-refractivity contribution in [1.29, 1.82) is 0 Å². The molecule has 0 saturated carbocycles. The Morgan fingerprint density at radius 3 is 2.63 bits per heavy atom.